The highest BCUT2D eigenvalue weighted by Gasteiger charge is 2.21. The summed E-state index contributed by atoms with van der Waals surface area (Å²) < 4.78 is 0. The predicted molar refractivity (Wildman–Crippen MR) is 56.5 cm³/mol. The Kier molecular flexibility index (Phi) is 2.88. The molecule has 0 saturated carbocycles. The molecule has 6 heteroatoms. The topological polar surface area (TPSA) is 73.7 Å². The van der Waals surface area contributed by atoms with Gasteiger partial charge in [0.2, 0.25) is 0 Å². The number of hydrogen-bond acceptors (Lipinski definition) is 5. The number of β-amino-alcohol motifs (C(OH)–C–C–N with tert-alkyl or cyclic N) is 1. The molecule has 1 atom stereocenters. The Bertz CT molecular complexity index is 366. The summed E-state index contributed by atoms with van der Waals surface area (Å²) in [5.74, 6) is -1.00. The summed E-state index contributed by atoms with van der Waals surface area (Å²) in [4.78, 5) is 16.6. The lowest BCUT2D eigenvalue weighted by molar-refractivity contribution is 0.0691. The average Bonchev–Trinajstić information content (AvgIpc) is 2.66. The molecule has 0 aliphatic carbocycles. The molecular formula is C9H12N2O3S. The zero-order valence-corrected chi connectivity index (χ0v) is 8.90. The highest BCUT2D eigenvalue weighted by molar-refractivity contribution is 7.13. The monoisotopic (exact) mass is 228 g/mol. The van der Waals surface area contributed by atoms with Gasteiger partial charge in [-0.05, 0) is 12.8 Å². The first kappa shape index (κ1) is 10.4. The van der Waals surface area contributed by atoms with E-state index in [2.05, 4.69) is 4.98 Å². The SMILES string of the molecule is O=C(O)c1csc(N2CCC[C@@H](O)C2)n1. The van der Waals surface area contributed by atoms with Gasteiger partial charge in [-0.2, -0.15) is 0 Å². The second kappa shape index (κ2) is 4.16. The summed E-state index contributed by atoms with van der Waals surface area (Å²) in [6.45, 7) is 1.39. The lowest BCUT2D eigenvalue weighted by Gasteiger charge is -2.29. The summed E-state index contributed by atoms with van der Waals surface area (Å²) >= 11 is 1.31. The Hall–Kier alpha value is -1.14. The molecule has 15 heavy (non-hydrogen) atoms. The molecule has 1 aliphatic heterocycles. The van der Waals surface area contributed by atoms with Crippen molar-refractivity contribution in [1.82, 2.24) is 4.98 Å². The molecule has 2 heterocycles. The van der Waals surface area contributed by atoms with Crippen molar-refractivity contribution in [2.24, 2.45) is 0 Å². The van der Waals surface area contributed by atoms with Crippen molar-refractivity contribution in [3.8, 4) is 0 Å². The van der Waals surface area contributed by atoms with Crippen LogP contribution in [0.25, 0.3) is 0 Å². The van der Waals surface area contributed by atoms with Crippen LogP contribution < -0.4 is 4.90 Å². The number of hydrogen-bond donors (Lipinski definition) is 2. The van der Waals surface area contributed by atoms with Gasteiger partial charge in [-0.25, -0.2) is 9.78 Å². The number of aromatic nitrogens is 1. The van der Waals surface area contributed by atoms with E-state index in [9.17, 15) is 9.90 Å². The molecule has 1 aliphatic rings. The van der Waals surface area contributed by atoms with Gasteiger partial charge in [-0.3, -0.25) is 0 Å². The Balaban J connectivity index is 2.11. The molecule has 1 saturated heterocycles. The minimum Gasteiger partial charge on any atom is -0.476 e. The Labute approximate surface area is 91.0 Å². The highest BCUT2D eigenvalue weighted by Crippen LogP contribution is 2.24. The van der Waals surface area contributed by atoms with E-state index in [1.165, 1.54) is 16.7 Å². The number of anilines is 1. The number of aliphatic hydroxyl groups excluding tert-OH is 1. The third-order valence-electron chi connectivity index (χ3n) is 2.38. The maximum Gasteiger partial charge on any atom is 0.355 e. The molecule has 1 aromatic rings. The Morgan fingerprint density at radius 2 is 2.47 bits per heavy atom. The molecular weight excluding hydrogens is 216 g/mol. The molecule has 1 aromatic heterocycles. The van der Waals surface area contributed by atoms with Crippen molar-refractivity contribution in [3.63, 3.8) is 0 Å². The lowest BCUT2D eigenvalue weighted by atomic mass is 10.1. The van der Waals surface area contributed by atoms with Crippen LogP contribution in [0.5, 0.6) is 0 Å². The second-order valence-electron chi connectivity index (χ2n) is 3.56. The molecule has 1 fully saturated rings. The fourth-order valence-electron chi connectivity index (χ4n) is 1.64. The van der Waals surface area contributed by atoms with Crippen molar-refractivity contribution < 1.29 is 15.0 Å². The highest BCUT2D eigenvalue weighted by atomic mass is 32.1. The fourth-order valence-corrected chi connectivity index (χ4v) is 2.47. The van der Waals surface area contributed by atoms with Crippen molar-refractivity contribution in [1.29, 1.82) is 0 Å². The molecule has 2 rings (SSSR count). The van der Waals surface area contributed by atoms with E-state index in [-0.39, 0.29) is 11.8 Å². The normalized spacial score (nSPS) is 21.7. The van der Waals surface area contributed by atoms with Gasteiger partial charge in [0, 0.05) is 18.5 Å². The standard InChI is InChI=1S/C9H12N2O3S/c12-6-2-1-3-11(4-6)9-10-7(5-15-9)8(13)14/h5-6,12H,1-4H2,(H,13,14)/t6-/m1/s1. The van der Waals surface area contributed by atoms with Gasteiger partial charge in [0.25, 0.3) is 0 Å². The van der Waals surface area contributed by atoms with Crippen LogP contribution >= 0.6 is 11.3 Å². The summed E-state index contributed by atoms with van der Waals surface area (Å²) in [5.41, 5.74) is 0.0788. The van der Waals surface area contributed by atoms with E-state index >= 15 is 0 Å². The van der Waals surface area contributed by atoms with Crippen LogP contribution in [-0.2, 0) is 0 Å². The molecule has 0 bridgehead atoms. The van der Waals surface area contributed by atoms with Crippen LogP contribution in [0, 0.1) is 0 Å². The molecule has 2 N–H and O–H groups in total. The molecule has 0 amide bonds. The third kappa shape index (κ3) is 2.27. The number of piperidine rings is 1. The molecule has 0 aromatic carbocycles. The lowest BCUT2D eigenvalue weighted by Crippen LogP contribution is -2.38. The van der Waals surface area contributed by atoms with E-state index in [0.717, 1.165) is 19.4 Å². The average molecular weight is 228 g/mol. The van der Waals surface area contributed by atoms with Gasteiger partial charge in [0.15, 0.2) is 10.8 Å². The number of nitrogens with zero attached hydrogens (tertiary/aromatic N) is 2. The number of aromatic carboxylic acids is 1. The van der Waals surface area contributed by atoms with Crippen LogP contribution in [0.4, 0.5) is 5.13 Å². The number of carboxylic acids is 1. The first-order chi connectivity index (χ1) is 7.16. The van der Waals surface area contributed by atoms with Crippen LogP contribution in [-0.4, -0.2) is 40.4 Å². The van der Waals surface area contributed by atoms with E-state index in [1.54, 1.807) is 0 Å². The number of carbonyl (C=O) groups is 1. The van der Waals surface area contributed by atoms with Gasteiger partial charge in [0.1, 0.15) is 0 Å². The third-order valence-corrected chi connectivity index (χ3v) is 3.28. The largest absolute Gasteiger partial charge is 0.476 e. The van der Waals surface area contributed by atoms with E-state index in [0.29, 0.717) is 11.7 Å². The van der Waals surface area contributed by atoms with Gasteiger partial charge >= 0.3 is 5.97 Å². The maximum absolute atomic E-state index is 10.6. The molecule has 0 unspecified atom stereocenters. The van der Waals surface area contributed by atoms with Crippen molar-refractivity contribution in [2.75, 3.05) is 18.0 Å². The predicted octanol–water partition coefficient (Wildman–Crippen LogP) is 0.802. The van der Waals surface area contributed by atoms with Crippen molar-refractivity contribution >= 4 is 22.4 Å². The number of rotatable bonds is 2. The van der Waals surface area contributed by atoms with Crippen LogP contribution in [0.2, 0.25) is 0 Å². The second-order valence-corrected chi connectivity index (χ2v) is 4.40. The first-order valence-electron chi connectivity index (χ1n) is 4.78. The fraction of sp³-hybridized carbons (Fsp3) is 0.556. The minimum atomic E-state index is -1.00. The Morgan fingerprint density at radius 1 is 1.67 bits per heavy atom. The summed E-state index contributed by atoms with van der Waals surface area (Å²) in [5, 5.41) is 20.4. The molecule has 0 radical (unpaired) electrons. The minimum absolute atomic E-state index is 0.0788. The van der Waals surface area contributed by atoms with Gasteiger partial charge in [-0.15, -0.1) is 11.3 Å². The quantitative estimate of drug-likeness (QED) is 0.783. The van der Waals surface area contributed by atoms with E-state index < -0.39 is 5.97 Å². The van der Waals surface area contributed by atoms with Crippen LogP contribution in [0.3, 0.4) is 0 Å². The number of thiazole rings is 1. The number of aliphatic hydroxyl groups is 1. The van der Waals surface area contributed by atoms with E-state index in [1.807, 2.05) is 4.90 Å². The smallest absolute Gasteiger partial charge is 0.355 e. The molecule has 0 spiro atoms. The molecule has 5 nitrogen and oxygen atoms in total. The van der Waals surface area contributed by atoms with Crippen molar-refractivity contribution in [2.45, 2.75) is 18.9 Å². The van der Waals surface area contributed by atoms with Gasteiger partial charge < -0.3 is 15.1 Å². The summed E-state index contributed by atoms with van der Waals surface area (Å²) in [6, 6.07) is 0. The van der Waals surface area contributed by atoms with Crippen molar-refractivity contribution in [3.05, 3.63) is 11.1 Å². The van der Waals surface area contributed by atoms with Gasteiger partial charge in [0.05, 0.1) is 6.10 Å². The zero-order chi connectivity index (χ0) is 10.8. The maximum atomic E-state index is 10.6. The first-order valence-corrected chi connectivity index (χ1v) is 5.66. The van der Waals surface area contributed by atoms with Crippen LogP contribution in [0.15, 0.2) is 5.38 Å². The van der Waals surface area contributed by atoms with Gasteiger partial charge in [-0.1, -0.05) is 0 Å². The number of carboxylic acid groups (broad SMARTS) is 1. The van der Waals surface area contributed by atoms with E-state index in [4.69, 9.17) is 5.11 Å². The summed E-state index contributed by atoms with van der Waals surface area (Å²) in [7, 11) is 0. The zero-order valence-electron chi connectivity index (χ0n) is 8.09. The molecule has 82 valence electrons. The van der Waals surface area contributed by atoms with Crippen LogP contribution in [0.1, 0.15) is 23.3 Å². The summed E-state index contributed by atoms with van der Waals surface area (Å²) in [6.07, 6.45) is 1.41. The Morgan fingerprint density at radius 3 is 3.07 bits per heavy atom.